The maximum absolute atomic E-state index is 13.8. The summed E-state index contributed by atoms with van der Waals surface area (Å²) in [4.78, 5) is 33.8. The van der Waals surface area contributed by atoms with Crippen LogP contribution < -0.4 is 4.90 Å². The second-order valence-electron chi connectivity index (χ2n) is 8.74. The van der Waals surface area contributed by atoms with Crippen molar-refractivity contribution in [1.29, 1.82) is 0 Å². The highest BCUT2D eigenvalue weighted by molar-refractivity contribution is 7.18. The molecule has 3 fully saturated rings. The number of rotatable bonds is 4. The number of morpholine rings is 2. The van der Waals surface area contributed by atoms with Gasteiger partial charge in [-0.2, -0.15) is 0 Å². The second kappa shape index (κ2) is 10.2. The van der Waals surface area contributed by atoms with Crippen LogP contribution in [0.25, 0.3) is 11.1 Å². The van der Waals surface area contributed by atoms with Crippen molar-refractivity contribution in [3.8, 4) is 11.1 Å². The van der Waals surface area contributed by atoms with Gasteiger partial charge in [-0.1, -0.05) is 30.3 Å². The molecule has 4 heterocycles. The van der Waals surface area contributed by atoms with Crippen LogP contribution in [0.2, 0.25) is 0 Å². The fourth-order valence-electron chi connectivity index (χ4n) is 4.88. The number of piperidine rings is 1. The molecule has 2 amide bonds. The van der Waals surface area contributed by atoms with E-state index in [2.05, 4.69) is 17.0 Å². The first kappa shape index (κ1) is 22.4. The summed E-state index contributed by atoms with van der Waals surface area (Å²) in [6.07, 6.45) is 2.64. The summed E-state index contributed by atoms with van der Waals surface area (Å²) in [5.74, 6) is 0.0441. The quantitative estimate of drug-likeness (QED) is 0.689. The van der Waals surface area contributed by atoms with Crippen LogP contribution in [0.1, 0.15) is 28.9 Å². The van der Waals surface area contributed by atoms with E-state index in [4.69, 9.17) is 9.47 Å². The summed E-state index contributed by atoms with van der Waals surface area (Å²) >= 11 is 1.55. The molecule has 33 heavy (non-hydrogen) atoms. The molecular weight excluding hydrogens is 438 g/mol. The molecule has 0 radical (unpaired) electrons. The van der Waals surface area contributed by atoms with Gasteiger partial charge in [0.1, 0.15) is 6.04 Å². The number of likely N-dealkylation sites (tertiary alicyclic amines) is 1. The van der Waals surface area contributed by atoms with Crippen LogP contribution in [-0.2, 0) is 14.3 Å². The first-order valence-electron chi connectivity index (χ1n) is 11.9. The zero-order valence-corrected chi connectivity index (χ0v) is 19.7. The van der Waals surface area contributed by atoms with E-state index in [-0.39, 0.29) is 17.9 Å². The minimum atomic E-state index is -0.376. The summed E-state index contributed by atoms with van der Waals surface area (Å²) < 4.78 is 11.0. The van der Waals surface area contributed by atoms with Crippen LogP contribution in [0.4, 0.5) is 5.00 Å². The lowest BCUT2D eigenvalue weighted by atomic mass is 10.00. The zero-order valence-electron chi connectivity index (χ0n) is 18.9. The molecule has 5 rings (SSSR count). The van der Waals surface area contributed by atoms with Crippen molar-refractivity contribution < 1.29 is 19.1 Å². The Kier molecular flexibility index (Phi) is 6.94. The van der Waals surface area contributed by atoms with Gasteiger partial charge in [-0.05, 0) is 30.9 Å². The number of thiophene rings is 1. The van der Waals surface area contributed by atoms with Crippen molar-refractivity contribution in [1.82, 2.24) is 9.80 Å². The fourth-order valence-corrected chi connectivity index (χ4v) is 6.07. The van der Waals surface area contributed by atoms with E-state index in [0.717, 1.165) is 48.5 Å². The van der Waals surface area contributed by atoms with Crippen LogP contribution in [0.3, 0.4) is 0 Å². The van der Waals surface area contributed by atoms with E-state index < -0.39 is 0 Å². The van der Waals surface area contributed by atoms with Gasteiger partial charge in [0.15, 0.2) is 0 Å². The molecule has 0 spiro atoms. The Morgan fingerprint density at radius 1 is 0.879 bits per heavy atom. The number of benzene rings is 1. The van der Waals surface area contributed by atoms with Gasteiger partial charge in [-0.25, -0.2) is 0 Å². The first-order chi connectivity index (χ1) is 16.2. The molecule has 1 aromatic carbocycles. The van der Waals surface area contributed by atoms with E-state index in [1.807, 2.05) is 34.1 Å². The van der Waals surface area contributed by atoms with Crippen LogP contribution in [0.5, 0.6) is 0 Å². The lowest BCUT2D eigenvalue weighted by Gasteiger charge is -2.38. The smallest absolute Gasteiger partial charge is 0.264 e. The Bertz CT molecular complexity index is 967. The number of carbonyl (C=O) groups is 2. The van der Waals surface area contributed by atoms with Crippen molar-refractivity contribution in [2.45, 2.75) is 25.3 Å². The fraction of sp³-hybridized carbons (Fsp3) is 0.520. The van der Waals surface area contributed by atoms with Crippen LogP contribution in [0, 0.1) is 0 Å². The highest BCUT2D eigenvalue weighted by Gasteiger charge is 2.36. The summed E-state index contributed by atoms with van der Waals surface area (Å²) in [6, 6.07) is 11.9. The number of hydrogen-bond donors (Lipinski definition) is 0. The van der Waals surface area contributed by atoms with Gasteiger partial charge in [0, 0.05) is 38.3 Å². The van der Waals surface area contributed by atoms with Crippen LogP contribution in [-0.4, -0.2) is 86.8 Å². The van der Waals surface area contributed by atoms with E-state index in [0.29, 0.717) is 50.9 Å². The van der Waals surface area contributed by atoms with Crippen molar-refractivity contribution in [2.75, 3.05) is 64.1 Å². The number of anilines is 1. The SMILES string of the molecule is O=C(C1CCCCN1C(=O)c1cc(-c2ccccc2)c(N2CCOCC2)s1)N1CCOCC1. The van der Waals surface area contributed by atoms with Crippen molar-refractivity contribution in [3.63, 3.8) is 0 Å². The molecular formula is C25H31N3O4S. The second-order valence-corrected chi connectivity index (χ2v) is 9.77. The molecule has 3 aliphatic rings. The zero-order chi connectivity index (χ0) is 22.6. The number of carbonyl (C=O) groups excluding carboxylic acids is 2. The van der Waals surface area contributed by atoms with E-state index >= 15 is 0 Å². The molecule has 7 nitrogen and oxygen atoms in total. The average molecular weight is 470 g/mol. The maximum atomic E-state index is 13.8. The predicted molar refractivity (Wildman–Crippen MR) is 129 cm³/mol. The molecule has 3 aliphatic heterocycles. The highest BCUT2D eigenvalue weighted by atomic mass is 32.1. The standard InChI is InChI=1S/C25H31N3O4S/c29-23(26-10-14-31-15-11-26)21-8-4-5-9-28(21)24(30)22-18-20(19-6-2-1-3-7-19)25(33-22)27-12-16-32-17-13-27/h1-3,6-7,18,21H,4-5,8-17H2. The molecule has 1 atom stereocenters. The molecule has 0 aliphatic carbocycles. The number of hydrogen-bond acceptors (Lipinski definition) is 6. The molecule has 0 bridgehead atoms. The Hall–Kier alpha value is -2.42. The normalized spacial score (nSPS) is 21.8. The summed E-state index contributed by atoms with van der Waals surface area (Å²) in [6.45, 7) is 6.00. The minimum Gasteiger partial charge on any atom is -0.378 e. The number of amides is 2. The summed E-state index contributed by atoms with van der Waals surface area (Å²) in [7, 11) is 0. The molecule has 1 unspecified atom stereocenters. The lowest BCUT2D eigenvalue weighted by Crippen LogP contribution is -2.55. The Morgan fingerprint density at radius 2 is 1.58 bits per heavy atom. The third-order valence-electron chi connectivity index (χ3n) is 6.68. The van der Waals surface area contributed by atoms with E-state index in [1.165, 1.54) is 0 Å². The number of nitrogens with zero attached hydrogens (tertiary/aromatic N) is 3. The largest absolute Gasteiger partial charge is 0.378 e. The summed E-state index contributed by atoms with van der Waals surface area (Å²) in [5, 5.41) is 1.11. The molecule has 176 valence electrons. The highest BCUT2D eigenvalue weighted by Crippen LogP contribution is 2.40. The summed E-state index contributed by atoms with van der Waals surface area (Å²) in [5.41, 5.74) is 2.19. The Labute approximate surface area is 198 Å². The van der Waals surface area contributed by atoms with Crippen LogP contribution in [0.15, 0.2) is 36.4 Å². The first-order valence-corrected chi connectivity index (χ1v) is 12.7. The van der Waals surface area contributed by atoms with Gasteiger partial charge < -0.3 is 24.2 Å². The molecule has 8 heteroatoms. The molecule has 1 aromatic heterocycles. The van der Waals surface area contributed by atoms with E-state index in [1.54, 1.807) is 11.3 Å². The third kappa shape index (κ3) is 4.78. The van der Waals surface area contributed by atoms with Crippen molar-refractivity contribution in [2.24, 2.45) is 0 Å². The van der Waals surface area contributed by atoms with Gasteiger partial charge >= 0.3 is 0 Å². The maximum Gasteiger partial charge on any atom is 0.264 e. The minimum absolute atomic E-state index is 0.0250. The number of ether oxygens (including phenoxy) is 2. The van der Waals surface area contributed by atoms with Crippen molar-refractivity contribution in [3.05, 3.63) is 41.3 Å². The molecule has 0 saturated carbocycles. The van der Waals surface area contributed by atoms with Gasteiger partial charge in [-0.3, -0.25) is 9.59 Å². The average Bonchev–Trinajstić information content (AvgIpc) is 3.35. The van der Waals surface area contributed by atoms with Gasteiger partial charge in [0.2, 0.25) is 5.91 Å². The van der Waals surface area contributed by atoms with Crippen LogP contribution >= 0.6 is 11.3 Å². The molecule has 2 aromatic rings. The Balaban J connectivity index is 1.44. The van der Waals surface area contributed by atoms with Gasteiger partial charge in [-0.15, -0.1) is 11.3 Å². The van der Waals surface area contributed by atoms with Crippen molar-refractivity contribution >= 4 is 28.2 Å². The molecule has 3 saturated heterocycles. The Morgan fingerprint density at radius 3 is 2.30 bits per heavy atom. The predicted octanol–water partition coefficient (Wildman–Crippen LogP) is 3.11. The molecule has 0 N–H and O–H groups in total. The topological polar surface area (TPSA) is 62.3 Å². The van der Waals surface area contributed by atoms with E-state index in [9.17, 15) is 9.59 Å². The monoisotopic (exact) mass is 469 g/mol. The third-order valence-corrected chi connectivity index (χ3v) is 7.86. The van der Waals surface area contributed by atoms with Gasteiger partial charge in [0.25, 0.3) is 5.91 Å². The lowest BCUT2D eigenvalue weighted by molar-refractivity contribution is -0.141. The van der Waals surface area contributed by atoms with Gasteiger partial charge in [0.05, 0.1) is 36.3 Å².